The Bertz CT molecular complexity index is 395. The fourth-order valence-corrected chi connectivity index (χ4v) is 3.24. The maximum Gasteiger partial charge on any atom is 0.108 e. The summed E-state index contributed by atoms with van der Waals surface area (Å²) in [6, 6.07) is 0. The summed E-state index contributed by atoms with van der Waals surface area (Å²) in [4.78, 5) is 4.83. The molecule has 3 heteroatoms. The third-order valence-electron chi connectivity index (χ3n) is 4.66. The van der Waals surface area contributed by atoms with Crippen molar-refractivity contribution in [2.45, 2.75) is 51.5 Å². The monoisotopic (exact) mass is 219 g/mol. The highest BCUT2D eigenvalue weighted by Gasteiger charge is 2.62. The molecule has 2 heterocycles. The summed E-state index contributed by atoms with van der Waals surface area (Å²) in [6.45, 7) is 6.48. The first-order chi connectivity index (χ1) is 7.59. The van der Waals surface area contributed by atoms with Crippen LogP contribution in [0.25, 0.3) is 0 Å². The van der Waals surface area contributed by atoms with Crippen LogP contribution in [0.4, 0.5) is 0 Å². The van der Waals surface area contributed by atoms with Crippen LogP contribution in [-0.4, -0.2) is 16.1 Å². The smallest absolute Gasteiger partial charge is 0.108 e. The van der Waals surface area contributed by atoms with Gasteiger partial charge in [0.15, 0.2) is 0 Å². The van der Waals surface area contributed by atoms with Crippen LogP contribution in [0.1, 0.15) is 44.6 Å². The van der Waals surface area contributed by atoms with E-state index in [0.29, 0.717) is 5.41 Å². The van der Waals surface area contributed by atoms with Gasteiger partial charge in [0.05, 0.1) is 5.69 Å². The molecular formula is C13H21N3. The third kappa shape index (κ3) is 1.21. The van der Waals surface area contributed by atoms with Crippen LogP contribution in [0.5, 0.6) is 0 Å². The predicted octanol–water partition coefficient (Wildman–Crippen LogP) is 1.85. The van der Waals surface area contributed by atoms with Crippen molar-refractivity contribution in [1.29, 1.82) is 0 Å². The summed E-state index contributed by atoms with van der Waals surface area (Å²) in [5.41, 5.74) is 7.74. The third-order valence-corrected chi connectivity index (χ3v) is 4.66. The summed E-state index contributed by atoms with van der Waals surface area (Å²) in [7, 11) is 0. The molecule has 0 saturated heterocycles. The van der Waals surface area contributed by atoms with E-state index >= 15 is 0 Å². The van der Waals surface area contributed by atoms with Crippen LogP contribution >= 0.6 is 0 Å². The Morgan fingerprint density at radius 1 is 1.44 bits per heavy atom. The van der Waals surface area contributed by atoms with Gasteiger partial charge in [-0.2, -0.15) is 0 Å². The molecule has 1 aromatic heterocycles. The standard InChI is InChI=1S/C13H21N3/c1-12(2)8-13(12,9-14)10-7-16-6-4-3-5-11(16)15-10/h7H,3-6,8-9,14H2,1-2H3. The zero-order valence-corrected chi connectivity index (χ0v) is 10.3. The predicted molar refractivity (Wildman–Crippen MR) is 64.3 cm³/mol. The van der Waals surface area contributed by atoms with Crippen LogP contribution in [0.15, 0.2) is 6.20 Å². The van der Waals surface area contributed by atoms with E-state index < -0.39 is 0 Å². The van der Waals surface area contributed by atoms with Gasteiger partial charge in [-0.25, -0.2) is 4.98 Å². The molecule has 0 radical (unpaired) electrons. The molecule has 16 heavy (non-hydrogen) atoms. The molecule has 1 unspecified atom stereocenters. The molecule has 2 N–H and O–H groups in total. The fourth-order valence-electron chi connectivity index (χ4n) is 3.24. The minimum Gasteiger partial charge on any atom is -0.335 e. The lowest BCUT2D eigenvalue weighted by atomic mass is 9.93. The number of imidazole rings is 1. The van der Waals surface area contributed by atoms with Gasteiger partial charge in [-0.1, -0.05) is 13.8 Å². The summed E-state index contributed by atoms with van der Waals surface area (Å²) in [5, 5.41) is 0. The number of aromatic nitrogens is 2. The molecule has 1 fully saturated rings. The van der Waals surface area contributed by atoms with Crippen molar-refractivity contribution in [3.05, 3.63) is 17.7 Å². The van der Waals surface area contributed by atoms with Gasteiger partial charge < -0.3 is 10.3 Å². The van der Waals surface area contributed by atoms with Gasteiger partial charge in [-0.05, 0) is 24.7 Å². The average Bonchev–Trinajstić information content (AvgIpc) is 2.67. The van der Waals surface area contributed by atoms with Crippen LogP contribution in [0.3, 0.4) is 0 Å². The zero-order valence-electron chi connectivity index (χ0n) is 10.3. The van der Waals surface area contributed by atoms with Crippen molar-refractivity contribution in [3.8, 4) is 0 Å². The number of rotatable bonds is 2. The van der Waals surface area contributed by atoms with E-state index in [1.54, 1.807) is 0 Å². The van der Waals surface area contributed by atoms with Crippen LogP contribution < -0.4 is 5.73 Å². The van der Waals surface area contributed by atoms with Crippen molar-refractivity contribution < 1.29 is 0 Å². The molecule has 1 aliphatic carbocycles. The first-order valence-electron chi connectivity index (χ1n) is 6.36. The minimum atomic E-state index is 0.164. The van der Waals surface area contributed by atoms with Crippen LogP contribution in [0.2, 0.25) is 0 Å². The number of hydrogen-bond donors (Lipinski definition) is 1. The largest absolute Gasteiger partial charge is 0.335 e. The second-order valence-electron chi connectivity index (χ2n) is 6.04. The quantitative estimate of drug-likeness (QED) is 0.825. The van der Waals surface area contributed by atoms with Gasteiger partial charge >= 0.3 is 0 Å². The molecule has 88 valence electrons. The lowest BCUT2D eigenvalue weighted by Gasteiger charge is -2.15. The van der Waals surface area contributed by atoms with E-state index in [0.717, 1.165) is 19.5 Å². The Morgan fingerprint density at radius 3 is 2.75 bits per heavy atom. The van der Waals surface area contributed by atoms with E-state index in [1.807, 2.05) is 0 Å². The van der Waals surface area contributed by atoms with Crippen molar-refractivity contribution in [2.75, 3.05) is 6.54 Å². The topological polar surface area (TPSA) is 43.8 Å². The van der Waals surface area contributed by atoms with E-state index in [1.165, 1.54) is 30.8 Å². The molecule has 1 aromatic rings. The molecule has 3 nitrogen and oxygen atoms in total. The van der Waals surface area contributed by atoms with Gasteiger partial charge in [0, 0.05) is 31.1 Å². The van der Waals surface area contributed by atoms with Crippen molar-refractivity contribution >= 4 is 0 Å². The second-order valence-corrected chi connectivity index (χ2v) is 6.04. The molecule has 2 aliphatic rings. The Balaban J connectivity index is 1.98. The number of nitrogens with two attached hydrogens (primary N) is 1. The highest BCUT2D eigenvalue weighted by Crippen LogP contribution is 2.63. The lowest BCUT2D eigenvalue weighted by molar-refractivity contribution is 0.494. The maximum atomic E-state index is 5.99. The fraction of sp³-hybridized carbons (Fsp3) is 0.769. The maximum absolute atomic E-state index is 5.99. The van der Waals surface area contributed by atoms with Gasteiger partial charge in [0.25, 0.3) is 0 Å². The van der Waals surface area contributed by atoms with Crippen LogP contribution in [0, 0.1) is 5.41 Å². The SMILES string of the molecule is CC1(C)CC1(CN)c1cn2c(n1)CCCC2. The molecule has 0 bridgehead atoms. The van der Waals surface area contributed by atoms with Gasteiger partial charge in [-0.15, -0.1) is 0 Å². The van der Waals surface area contributed by atoms with E-state index in [2.05, 4.69) is 24.6 Å². The van der Waals surface area contributed by atoms with Crippen molar-refractivity contribution in [2.24, 2.45) is 11.1 Å². The van der Waals surface area contributed by atoms with Gasteiger partial charge in [0.1, 0.15) is 5.82 Å². The molecular weight excluding hydrogens is 198 g/mol. The molecule has 1 aliphatic heterocycles. The molecule has 0 aromatic carbocycles. The summed E-state index contributed by atoms with van der Waals surface area (Å²) in [6.07, 6.45) is 7.17. The molecule has 0 spiro atoms. The normalized spacial score (nSPS) is 31.2. The minimum absolute atomic E-state index is 0.164. The van der Waals surface area contributed by atoms with Crippen molar-refractivity contribution in [1.82, 2.24) is 9.55 Å². The summed E-state index contributed by atoms with van der Waals surface area (Å²) in [5.74, 6) is 1.27. The molecule has 0 amide bonds. The van der Waals surface area contributed by atoms with Gasteiger partial charge in [-0.3, -0.25) is 0 Å². The van der Waals surface area contributed by atoms with E-state index in [4.69, 9.17) is 10.7 Å². The molecule has 1 atom stereocenters. The van der Waals surface area contributed by atoms with E-state index in [9.17, 15) is 0 Å². The van der Waals surface area contributed by atoms with E-state index in [-0.39, 0.29) is 5.41 Å². The molecule has 3 rings (SSSR count). The first-order valence-corrected chi connectivity index (χ1v) is 6.36. The van der Waals surface area contributed by atoms with Crippen LogP contribution in [-0.2, 0) is 18.4 Å². The number of nitrogens with zero attached hydrogens (tertiary/aromatic N) is 2. The molecule has 1 saturated carbocycles. The number of hydrogen-bond acceptors (Lipinski definition) is 2. The van der Waals surface area contributed by atoms with Gasteiger partial charge in [0.2, 0.25) is 0 Å². The average molecular weight is 219 g/mol. The number of aryl methyl sites for hydroxylation is 2. The Labute approximate surface area is 97.0 Å². The highest BCUT2D eigenvalue weighted by atomic mass is 15.1. The Kier molecular flexibility index (Phi) is 2.00. The zero-order chi connectivity index (χ0) is 11.4. The first kappa shape index (κ1) is 10.3. The number of fused-ring (bicyclic) bond motifs is 1. The lowest BCUT2D eigenvalue weighted by Crippen LogP contribution is -2.25. The Hall–Kier alpha value is -0.830. The summed E-state index contributed by atoms with van der Waals surface area (Å²) >= 11 is 0. The second kappa shape index (κ2) is 3.10. The highest BCUT2D eigenvalue weighted by molar-refractivity contribution is 5.32. The summed E-state index contributed by atoms with van der Waals surface area (Å²) < 4.78 is 2.34. The Morgan fingerprint density at radius 2 is 2.19 bits per heavy atom. The van der Waals surface area contributed by atoms with Crippen molar-refractivity contribution in [3.63, 3.8) is 0 Å².